The number of anilines is 1. The number of nitrogens with one attached hydrogen (secondary N) is 2. The molecule has 0 bridgehead atoms. The topological polar surface area (TPSA) is 78.0 Å². The van der Waals surface area contributed by atoms with Gasteiger partial charge in [0.25, 0.3) is 0 Å². The second-order valence-electron chi connectivity index (χ2n) is 2.89. The normalized spacial score (nSPS) is 10.4. The third-order valence-corrected chi connectivity index (χ3v) is 2.05. The molecule has 0 unspecified atom stereocenters. The molecule has 0 saturated heterocycles. The summed E-state index contributed by atoms with van der Waals surface area (Å²) in [5, 5.41) is 19.3. The Balaban J connectivity index is 2.63. The van der Waals surface area contributed by atoms with Crippen molar-refractivity contribution < 1.29 is 9.90 Å². The van der Waals surface area contributed by atoms with Gasteiger partial charge in [-0.15, -0.1) is 0 Å². The van der Waals surface area contributed by atoms with Crippen molar-refractivity contribution in [1.29, 1.82) is 0 Å². The van der Waals surface area contributed by atoms with Gasteiger partial charge in [0, 0.05) is 12.4 Å². The van der Waals surface area contributed by atoms with Crippen LogP contribution in [0.25, 0.3) is 10.9 Å². The first kappa shape index (κ1) is 8.55. The van der Waals surface area contributed by atoms with E-state index in [1.54, 1.807) is 25.2 Å². The van der Waals surface area contributed by atoms with Crippen LogP contribution in [0.1, 0.15) is 10.4 Å². The summed E-state index contributed by atoms with van der Waals surface area (Å²) in [5.41, 5.74) is 0.970. The number of aromatic amines is 1. The van der Waals surface area contributed by atoms with E-state index in [-0.39, 0.29) is 5.56 Å². The molecule has 0 atom stereocenters. The maximum absolute atomic E-state index is 10.7. The van der Waals surface area contributed by atoms with E-state index in [1.807, 2.05) is 0 Å². The number of hydrogen-bond acceptors (Lipinski definition) is 3. The van der Waals surface area contributed by atoms with Crippen molar-refractivity contribution in [2.75, 3.05) is 12.4 Å². The van der Waals surface area contributed by atoms with E-state index in [2.05, 4.69) is 15.5 Å². The molecule has 0 aliphatic rings. The van der Waals surface area contributed by atoms with E-state index in [0.717, 1.165) is 11.2 Å². The van der Waals surface area contributed by atoms with Gasteiger partial charge in [0.2, 0.25) is 0 Å². The first-order valence-electron chi connectivity index (χ1n) is 4.11. The molecule has 0 amide bonds. The number of carbonyl (C=O) groups is 1. The van der Waals surface area contributed by atoms with Crippen molar-refractivity contribution in [2.45, 2.75) is 0 Å². The molecule has 5 heteroatoms. The van der Waals surface area contributed by atoms with Crippen LogP contribution in [0.4, 0.5) is 5.82 Å². The average Bonchev–Trinajstić information content (AvgIpc) is 2.59. The number of aromatic nitrogens is 2. The van der Waals surface area contributed by atoms with Crippen LogP contribution in [0.2, 0.25) is 0 Å². The first-order valence-corrected chi connectivity index (χ1v) is 4.11. The highest BCUT2D eigenvalue weighted by Crippen LogP contribution is 2.20. The van der Waals surface area contributed by atoms with Crippen molar-refractivity contribution in [3.63, 3.8) is 0 Å². The smallest absolute Gasteiger partial charge is 0.335 e. The number of H-pyrrole nitrogens is 1. The van der Waals surface area contributed by atoms with Gasteiger partial charge in [-0.25, -0.2) is 4.79 Å². The largest absolute Gasteiger partial charge is 0.478 e. The van der Waals surface area contributed by atoms with Crippen LogP contribution in [0, 0.1) is 0 Å². The second-order valence-corrected chi connectivity index (χ2v) is 2.89. The van der Waals surface area contributed by atoms with Gasteiger partial charge in [0.1, 0.15) is 0 Å². The van der Waals surface area contributed by atoms with Gasteiger partial charge in [0.15, 0.2) is 5.82 Å². The summed E-state index contributed by atoms with van der Waals surface area (Å²) < 4.78 is 0. The van der Waals surface area contributed by atoms with Gasteiger partial charge >= 0.3 is 5.97 Å². The zero-order chi connectivity index (χ0) is 10.1. The number of hydrogen-bond donors (Lipinski definition) is 3. The van der Waals surface area contributed by atoms with Crippen LogP contribution in [0.15, 0.2) is 18.2 Å². The highest BCUT2D eigenvalue weighted by atomic mass is 16.4. The highest BCUT2D eigenvalue weighted by Gasteiger charge is 2.07. The Hall–Kier alpha value is -2.04. The molecule has 0 fully saturated rings. The molecule has 0 aliphatic heterocycles. The molecule has 1 heterocycles. The van der Waals surface area contributed by atoms with Gasteiger partial charge in [0.05, 0.1) is 11.1 Å². The molecule has 2 rings (SSSR count). The zero-order valence-electron chi connectivity index (χ0n) is 7.53. The van der Waals surface area contributed by atoms with E-state index >= 15 is 0 Å². The number of benzene rings is 1. The summed E-state index contributed by atoms with van der Waals surface area (Å²) in [6.07, 6.45) is 0. The molecule has 0 saturated carbocycles. The summed E-state index contributed by atoms with van der Waals surface area (Å²) in [6, 6.07) is 4.85. The maximum Gasteiger partial charge on any atom is 0.335 e. The fourth-order valence-electron chi connectivity index (χ4n) is 1.34. The van der Waals surface area contributed by atoms with E-state index in [1.165, 1.54) is 0 Å². The molecular formula is C9H9N3O2. The van der Waals surface area contributed by atoms with E-state index < -0.39 is 5.97 Å². The Bertz CT molecular complexity index is 490. The summed E-state index contributed by atoms with van der Waals surface area (Å²) in [7, 11) is 1.76. The number of aromatic carboxylic acids is 1. The molecule has 2 aromatic rings. The third-order valence-electron chi connectivity index (χ3n) is 2.05. The lowest BCUT2D eigenvalue weighted by molar-refractivity contribution is 0.0697. The Morgan fingerprint density at radius 3 is 3.00 bits per heavy atom. The lowest BCUT2D eigenvalue weighted by Gasteiger charge is -1.95. The minimum absolute atomic E-state index is 0.254. The Morgan fingerprint density at radius 2 is 2.36 bits per heavy atom. The van der Waals surface area contributed by atoms with Crippen LogP contribution < -0.4 is 5.32 Å². The molecular weight excluding hydrogens is 182 g/mol. The van der Waals surface area contributed by atoms with Gasteiger partial charge in [-0.1, -0.05) is 0 Å². The molecule has 1 aromatic carbocycles. The predicted octanol–water partition coefficient (Wildman–Crippen LogP) is 1.30. The molecule has 0 radical (unpaired) electrons. The van der Waals surface area contributed by atoms with Crippen LogP contribution in [0.3, 0.4) is 0 Å². The summed E-state index contributed by atoms with van der Waals surface area (Å²) in [6.45, 7) is 0. The Morgan fingerprint density at radius 1 is 1.57 bits per heavy atom. The molecule has 3 N–H and O–H groups in total. The molecule has 5 nitrogen and oxygen atoms in total. The number of nitrogens with zero attached hydrogens (tertiary/aromatic N) is 1. The van der Waals surface area contributed by atoms with Crippen LogP contribution in [-0.4, -0.2) is 28.3 Å². The second kappa shape index (κ2) is 3.02. The fourth-order valence-corrected chi connectivity index (χ4v) is 1.34. The van der Waals surface area contributed by atoms with E-state index in [0.29, 0.717) is 5.52 Å². The molecule has 72 valence electrons. The van der Waals surface area contributed by atoms with Gasteiger partial charge in [-0.2, -0.15) is 5.10 Å². The van der Waals surface area contributed by atoms with Gasteiger partial charge in [-0.3, -0.25) is 5.10 Å². The van der Waals surface area contributed by atoms with E-state index in [9.17, 15) is 4.79 Å². The molecule has 0 spiro atoms. The van der Waals surface area contributed by atoms with Crippen molar-refractivity contribution in [3.8, 4) is 0 Å². The Labute approximate surface area is 79.7 Å². The maximum atomic E-state index is 10.7. The third kappa shape index (κ3) is 1.19. The quantitative estimate of drug-likeness (QED) is 0.668. The minimum atomic E-state index is -0.937. The summed E-state index contributed by atoms with van der Waals surface area (Å²) in [4.78, 5) is 10.7. The van der Waals surface area contributed by atoms with Gasteiger partial charge < -0.3 is 10.4 Å². The summed E-state index contributed by atoms with van der Waals surface area (Å²) >= 11 is 0. The number of carboxylic acid groups (broad SMARTS) is 1. The van der Waals surface area contributed by atoms with Crippen molar-refractivity contribution >= 4 is 22.7 Å². The van der Waals surface area contributed by atoms with E-state index in [4.69, 9.17) is 5.11 Å². The van der Waals surface area contributed by atoms with Crippen molar-refractivity contribution in [1.82, 2.24) is 10.2 Å². The van der Waals surface area contributed by atoms with Crippen LogP contribution in [0.5, 0.6) is 0 Å². The average molecular weight is 191 g/mol. The lowest BCUT2D eigenvalue weighted by atomic mass is 10.1. The number of rotatable bonds is 2. The summed E-state index contributed by atoms with van der Waals surface area (Å²) in [5.74, 6) is -0.218. The zero-order valence-corrected chi connectivity index (χ0v) is 7.53. The number of fused-ring (bicyclic) bond motifs is 1. The van der Waals surface area contributed by atoms with Crippen molar-refractivity contribution in [3.05, 3.63) is 23.8 Å². The molecule has 14 heavy (non-hydrogen) atoms. The van der Waals surface area contributed by atoms with Crippen LogP contribution in [-0.2, 0) is 0 Å². The number of carboxylic acids is 1. The van der Waals surface area contributed by atoms with Crippen LogP contribution >= 0.6 is 0 Å². The monoisotopic (exact) mass is 191 g/mol. The van der Waals surface area contributed by atoms with Crippen molar-refractivity contribution in [2.24, 2.45) is 0 Å². The highest BCUT2D eigenvalue weighted by molar-refractivity contribution is 5.96. The lowest BCUT2D eigenvalue weighted by Crippen LogP contribution is -1.95. The first-order chi connectivity index (χ1) is 6.72. The standard InChI is InChI=1S/C9H9N3O2/c1-10-8-6-3-2-5(9(13)14)4-7(6)11-12-8/h2-4H,1H3,(H,13,14)(H2,10,11,12). The fraction of sp³-hybridized carbons (Fsp3) is 0.111. The Kier molecular flexibility index (Phi) is 1.85. The predicted molar refractivity (Wildman–Crippen MR) is 52.6 cm³/mol. The minimum Gasteiger partial charge on any atom is -0.478 e. The SMILES string of the molecule is CNc1n[nH]c2cc(C(=O)O)ccc12. The molecule has 0 aliphatic carbocycles. The van der Waals surface area contributed by atoms with Gasteiger partial charge in [-0.05, 0) is 18.2 Å². The molecule has 1 aromatic heterocycles.